The summed E-state index contributed by atoms with van der Waals surface area (Å²) in [6, 6.07) is 12.7. The lowest BCUT2D eigenvalue weighted by atomic mass is 10.0. The first kappa shape index (κ1) is 13.9. The molecule has 0 unspecified atom stereocenters. The van der Waals surface area contributed by atoms with Crippen LogP contribution in [0.1, 0.15) is 25.8 Å². The van der Waals surface area contributed by atoms with Crippen LogP contribution in [0.4, 0.5) is 0 Å². The van der Waals surface area contributed by atoms with E-state index in [0.717, 1.165) is 25.3 Å². The number of hydrogen-bond donors (Lipinski definition) is 1. The zero-order valence-corrected chi connectivity index (χ0v) is 12.1. The van der Waals surface area contributed by atoms with Gasteiger partial charge in [-0.25, -0.2) is 0 Å². The van der Waals surface area contributed by atoms with Gasteiger partial charge in [-0.05, 0) is 36.2 Å². The monoisotopic (exact) mass is 257 g/mol. The van der Waals surface area contributed by atoms with E-state index in [0.29, 0.717) is 5.92 Å². The van der Waals surface area contributed by atoms with Crippen LogP contribution < -0.4 is 10.1 Å². The van der Waals surface area contributed by atoms with Crippen LogP contribution in [-0.4, -0.2) is 13.7 Å². The van der Waals surface area contributed by atoms with Gasteiger partial charge in [-0.15, -0.1) is 0 Å². The maximum atomic E-state index is 5.97. The SMILES string of the molecule is CNCc1c(OCCC(C)C)ccc2ccccc12. The van der Waals surface area contributed by atoms with Gasteiger partial charge in [-0.1, -0.05) is 44.2 Å². The summed E-state index contributed by atoms with van der Waals surface area (Å²) >= 11 is 0. The van der Waals surface area contributed by atoms with Crippen molar-refractivity contribution in [2.45, 2.75) is 26.8 Å². The molecule has 0 aromatic heterocycles. The Morgan fingerprint density at radius 1 is 1.11 bits per heavy atom. The normalized spacial score (nSPS) is 11.2. The van der Waals surface area contributed by atoms with Gasteiger partial charge >= 0.3 is 0 Å². The van der Waals surface area contributed by atoms with Crippen LogP contribution in [0, 0.1) is 5.92 Å². The molecule has 0 bridgehead atoms. The maximum absolute atomic E-state index is 5.97. The number of fused-ring (bicyclic) bond motifs is 1. The fraction of sp³-hybridized carbons (Fsp3) is 0.412. The molecular weight excluding hydrogens is 234 g/mol. The second kappa shape index (κ2) is 6.58. The lowest BCUT2D eigenvalue weighted by molar-refractivity contribution is 0.287. The Balaban J connectivity index is 2.29. The summed E-state index contributed by atoms with van der Waals surface area (Å²) in [6.45, 7) is 6.06. The Hall–Kier alpha value is -1.54. The van der Waals surface area contributed by atoms with Gasteiger partial charge in [-0.2, -0.15) is 0 Å². The molecule has 2 aromatic carbocycles. The molecule has 0 fully saturated rings. The van der Waals surface area contributed by atoms with Crippen molar-refractivity contribution in [3.8, 4) is 5.75 Å². The van der Waals surface area contributed by atoms with Gasteiger partial charge in [-0.3, -0.25) is 0 Å². The third-order valence-corrected chi connectivity index (χ3v) is 3.30. The van der Waals surface area contributed by atoms with Gasteiger partial charge in [0, 0.05) is 12.1 Å². The average Bonchev–Trinajstić information content (AvgIpc) is 2.41. The van der Waals surface area contributed by atoms with E-state index in [1.165, 1.54) is 16.3 Å². The summed E-state index contributed by atoms with van der Waals surface area (Å²) in [5.41, 5.74) is 1.25. The predicted molar refractivity (Wildman–Crippen MR) is 81.7 cm³/mol. The lowest BCUT2D eigenvalue weighted by Gasteiger charge is -2.15. The van der Waals surface area contributed by atoms with E-state index < -0.39 is 0 Å². The smallest absolute Gasteiger partial charge is 0.124 e. The van der Waals surface area contributed by atoms with E-state index in [-0.39, 0.29) is 0 Å². The maximum Gasteiger partial charge on any atom is 0.124 e. The van der Waals surface area contributed by atoms with Crippen molar-refractivity contribution >= 4 is 10.8 Å². The summed E-state index contributed by atoms with van der Waals surface area (Å²) in [5.74, 6) is 1.68. The highest BCUT2D eigenvalue weighted by Gasteiger charge is 2.08. The van der Waals surface area contributed by atoms with Crippen LogP contribution in [-0.2, 0) is 6.54 Å². The molecule has 2 heteroatoms. The van der Waals surface area contributed by atoms with Crippen molar-refractivity contribution in [3.05, 3.63) is 42.0 Å². The highest BCUT2D eigenvalue weighted by molar-refractivity contribution is 5.87. The predicted octanol–water partition coefficient (Wildman–Crippen LogP) is 3.98. The highest BCUT2D eigenvalue weighted by Crippen LogP contribution is 2.28. The molecule has 0 saturated carbocycles. The molecule has 0 amide bonds. The summed E-state index contributed by atoms with van der Waals surface area (Å²) < 4.78 is 5.97. The Labute approximate surface area is 115 Å². The summed E-state index contributed by atoms with van der Waals surface area (Å²) in [5, 5.41) is 5.78. The average molecular weight is 257 g/mol. The van der Waals surface area contributed by atoms with Crippen LogP contribution in [0.15, 0.2) is 36.4 Å². The first-order valence-electron chi connectivity index (χ1n) is 7.00. The Bertz CT molecular complexity index is 534. The van der Waals surface area contributed by atoms with Gasteiger partial charge in [0.25, 0.3) is 0 Å². The molecular formula is C17H23NO. The standard InChI is InChI=1S/C17H23NO/c1-13(2)10-11-19-17-9-8-14-6-4-5-7-15(14)16(17)12-18-3/h4-9,13,18H,10-12H2,1-3H3. The number of rotatable bonds is 6. The number of benzene rings is 2. The van der Waals surface area contributed by atoms with E-state index in [2.05, 4.69) is 55.6 Å². The molecule has 0 aliphatic heterocycles. The number of nitrogens with one attached hydrogen (secondary N) is 1. The van der Waals surface area contributed by atoms with Crippen LogP contribution in [0.3, 0.4) is 0 Å². The van der Waals surface area contributed by atoms with Crippen molar-refractivity contribution in [2.24, 2.45) is 5.92 Å². The Morgan fingerprint density at radius 2 is 1.89 bits per heavy atom. The summed E-state index contributed by atoms with van der Waals surface area (Å²) in [4.78, 5) is 0. The summed E-state index contributed by atoms with van der Waals surface area (Å²) in [6.07, 6.45) is 1.09. The molecule has 0 aliphatic rings. The first-order chi connectivity index (χ1) is 9.22. The van der Waals surface area contributed by atoms with E-state index >= 15 is 0 Å². The van der Waals surface area contributed by atoms with Crippen LogP contribution in [0.2, 0.25) is 0 Å². The molecule has 0 heterocycles. The second-order valence-electron chi connectivity index (χ2n) is 5.32. The fourth-order valence-electron chi connectivity index (χ4n) is 2.21. The van der Waals surface area contributed by atoms with Gasteiger partial charge < -0.3 is 10.1 Å². The second-order valence-corrected chi connectivity index (χ2v) is 5.32. The van der Waals surface area contributed by atoms with Gasteiger partial charge in [0.15, 0.2) is 0 Å². The largest absolute Gasteiger partial charge is 0.493 e. The van der Waals surface area contributed by atoms with Gasteiger partial charge in [0.1, 0.15) is 5.75 Å². The molecule has 0 saturated heterocycles. The van der Waals surface area contributed by atoms with E-state index in [4.69, 9.17) is 4.74 Å². The number of hydrogen-bond acceptors (Lipinski definition) is 2. The number of ether oxygens (including phenoxy) is 1. The van der Waals surface area contributed by atoms with Crippen molar-refractivity contribution in [1.82, 2.24) is 5.32 Å². The fourth-order valence-corrected chi connectivity index (χ4v) is 2.21. The zero-order valence-electron chi connectivity index (χ0n) is 12.1. The molecule has 102 valence electrons. The van der Waals surface area contributed by atoms with Gasteiger partial charge in [0.05, 0.1) is 6.61 Å². The molecule has 0 atom stereocenters. The minimum atomic E-state index is 0.674. The third kappa shape index (κ3) is 3.48. The quantitative estimate of drug-likeness (QED) is 0.845. The Kier molecular flexibility index (Phi) is 4.80. The first-order valence-corrected chi connectivity index (χ1v) is 7.00. The molecule has 0 radical (unpaired) electrons. The van der Waals surface area contributed by atoms with Crippen molar-refractivity contribution in [2.75, 3.05) is 13.7 Å². The van der Waals surface area contributed by atoms with Crippen LogP contribution in [0.5, 0.6) is 5.75 Å². The third-order valence-electron chi connectivity index (χ3n) is 3.30. The van der Waals surface area contributed by atoms with E-state index in [9.17, 15) is 0 Å². The minimum Gasteiger partial charge on any atom is -0.493 e. The van der Waals surface area contributed by atoms with E-state index in [1.807, 2.05) is 7.05 Å². The molecule has 0 aliphatic carbocycles. The van der Waals surface area contributed by atoms with Crippen LogP contribution >= 0.6 is 0 Å². The van der Waals surface area contributed by atoms with Crippen molar-refractivity contribution in [1.29, 1.82) is 0 Å². The van der Waals surface area contributed by atoms with E-state index in [1.54, 1.807) is 0 Å². The van der Waals surface area contributed by atoms with Crippen molar-refractivity contribution in [3.63, 3.8) is 0 Å². The molecule has 2 rings (SSSR count). The molecule has 19 heavy (non-hydrogen) atoms. The van der Waals surface area contributed by atoms with Crippen molar-refractivity contribution < 1.29 is 4.74 Å². The highest BCUT2D eigenvalue weighted by atomic mass is 16.5. The molecule has 2 nitrogen and oxygen atoms in total. The Morgan fingerprint density at radius 3 is 2.63 bits per heavy atom. The molecule has 1 N–H and O–H groups in total. The lowest BCUT2D eigenvalue weighted by Crippen LogP contribution is -2.09. The molecule has 2 aromatic rings. The van der Waals surface area contributed by atoms with Crippen LogP contribution in [0.25, 0.3) is 10.8 Å². The summed E-state index contributed by atoms with van der Waals surface area (Å²) in [7, 11) is 1.97. The molecule has 0 spiro atoms. The van der Waals surface area contributed by atoms with Gasteiger partial charge in [0.2, 0.25) is 0 Å². The zero-order chi connectivity index (χ0) is 13.7. The topological polar surface area (TPSA) is 21.3 Å². The minimum absolute atomic E-state index is 0.674.